The number of H-pyrrole nitrogens is 1. The monoisotopic (exact) mass is 345 g/mol. The molecule has 0 bridgehead atoms. The molecule has 3 rings (SSSR count). The molecule has 1 aromatic carbocycles. The van der Waals surface area contributed by atoms with Gasteiger partial charge in [0, 0.05) is 12.3 Å². The lowest BCUT2D eigenvalue weighted by atomic mass is 10.2. The van der Waals surface area contributed by atoms with E-state index in [1.165, 1.54) is 24.0 Å². The summed E-state index contributed by atoms with van der Waals surface area (Å²) in [4.78, 5) is 30.3. The van der Waals surface area contributed by atoms with Gasteiger partial charge in [-0.15, -0.1) is 0 Å². The van der Waals surface area contributed by atoms with Crippen molar-refractivity contribution in [1.29, 1.82) is 0 Å². The minimum Gasteiger partial charge on any atom is -0.494 e. The molecule has 0 saturated heterocycles. The number of aromatic amines is 1. The summed E-state index contributed by atoms with van der Waals surface area (Å²) in [5, 5.41) is 10.3. The fourth-order valence-electron chi connectivity index (χ4n) is 2.31. The van der Waals surface area contributed by atoms with Gasteiger partial charge < -0.3 is 9.84 Å². The van der Waals surface area contributed by atoms with Crippen molar-refractivity contribution in [2.75, 3.05) is 7.11 Å². The summed E-state index contributed by atoms with van der Waals surface area (Å²) >= 11 is 5.09. The van der Waals surface area contributed by atoms with E-state index >= 15 is 0 Å². The molecule has 1 heterocycles. The summed E-state index contributed by atoms with van der Waals surface area (Å²) in [6, 6.07) is 6.57. The number of nitrogens with one attached hydrogen (secondary N) is 1. The SMILES string of the molecule is COC(=O)c1cccc(N=Cc2c(O)n(C3CC3)c(=S)[nH]c2=O)c1. The quantitative estimate of drug-likeness (QED) is 0.504. The van der Waals surface area contributed by atoms with E-state index in [0.717, 1.165) is 12.8 Å². The number of hydrogen-bond acceptors (Lipinski definition) is 6. The van der Waals surface area contributed by atoms with E-state index in [0.29, 0.717) is 11.3 Å². The van der Waals surface area contributed by atoms with Crippen molar-refractivity contribution in [3.63, 3.8) is 0 Å². The number of aromatic nitrogens is 2. The van der Waals surface area contributed by atoms with Gasteiger partial charge >= 0.3 is 5.97 Å². The Bertz CT molecular complexity index is 941. The zero-order chi connectivity index (χ0) is 17.3. The first-order chi connectivity index (χ1) is 11.5. The highest BCUT2D eigenvalue weighted by molar-refractivity contribution is 7.71. The zero-order valence-electron chi connectivity index (χ0n) is 12.9. The van der Waals surface area contributed by atoms with E-state index in [1.807, 2.05) is 0 Å². The number of rotatable bonds is 4. The predicted molar refractivity (Wildman–Crippen MR) is 90.9 cm³/mol. The molecule has 0 amide bonds. The van der Waals surface area contributed by atoms with Gasteiger partial charge in [0.05, 0.1) is 18.4 Å². The molecule has 2 aromatic rings. The van der Waals surface area contributed by atoms with Crippen molar-refractivity contribution in [3.05, 3.63) is 50.5 Å². The Kier molecular flexibility index (Phi) is 4.30. The fourth-order valence-corrected chi connectivity index (χ4v) is 2.64. The molecule has 1 aromatic heterocycles. The second kappa shape index (κ2) is 6.40. The van der Waals surface area contributed by atoms with E-state index in [9.17, 15) is 14.7 Å². The topological polar surface area (TPSA) is 96.7 Å². The highest BCUT2D eigenvalue weighted by Gasteiger charge is 2.27. The third-order valence-corrected chi connectivity index (χ3v) is 3.97. The normalized spacial score (nSPS) is 14.0. The van der Waals surface area contributed by atoms with Gasteiger partial charge in [-0.1, -0.05) is 6.07 Å². The minimum atomic E-state index is -0.512. The Balaban J connectivity index is 1.98. The lowest BCUT2D eigenvalue weighted by molar-refractivity contribution is 0.0601. The summed E-state index contributed by atoms with van der Waals surface area (Å²) in [7, 11) is 1.29. The molecule has 1 aliphatic rings. The third kappa shape index (κ3) is 3.13. The van der Waals surface area contributed by atoms with E-state index in [-0.39, 0.29) is 22.3 Å². The molecule has 0 atom stereocenters. The van der Waals surface area contributed by atoms with E-state index in [2.05, 4.69) is 14.7 Å². The summed E-state index contributed by atoms with van der Waals surface area (Å²) in [6.45, 7) is 0. The van der Waals surface area contributed by atoms with Crippen LogP contribution in [0.15, 0.2) is 34.1 Å². The molecule has 124 valence electrons. The van der Waals surface area contributed by atoms with Crippen molar-refractivity contribution in [2.45, 2.75) is 18.9 Å². The number of ether oxygens (including phenoxy) is 1. The Labute approximate surface area is 142 Å². The number of methoxy groups -OCH3 is 1. The van der Waals surface area contributed by atoms with Crippen LogP contribution < -0.4 is 5.56 Å². The van der Waals surface area contributed by atoms with Crippen LogP contribution in [0.25, 0.3) is 0 Å². The Morgan fingerprint density at radius 2 is 2.25 bits per heavy atom. The van der Waals surface area contributed by atoms with Gasteiger partial charge in [0.2, 0.25) is 5.88 Å². The summed E-state index contributed by atoms with van der Waals surface area (Å²) in [5.41, 5.74) is 0.317. The Morgan fingerprint density at radius 3 is 2.92 bits per heavy atom. The number of carbonyl (C=O) groups excluding carboxylic acids is 1. The van der Waals surface area contributed by atoms with Crippen molar-refractivity contribution in [2.24, 2.45) is 4.99 Å². The molecule has 2 N–H and O–H groups in total. The van der Waals surface area contributed by atoms with Crippen molar-refractivity contribution in [1.82, 2.24) is 9.55 Å². The van der Waals surface area contributed by atoms with Gasteiger partial charge in [-0.3, -0.25) is 19.3 Å². The Morgan fingerprint density at radius 1 is 1.50 bits per heavy atom. The molecule has 1 saturated carbocycles. The summed E-state index contributed by atoms with van der Waals surface area (Å²) in [5.74, 6) is -0.672. The predicted octanol–water partition coefficient (Wildman–Crippen LogP) is 2.48. The van der Waals surface area contributed by atoms with E-state index in [1.54, 1.807) is 18.2 Å². The van der Waals surface area contributed by atoms with Crippen LogP contribution in [0.5, 0.6) is 5.88 Å². The van der Waals surface area contributed by atoms with Gasteiger partial charge in [-0.05, 0) is 43.3 Å². The fraction of sp³-hybridized carbons (Fsp3) is 0.250. The van der Waals surface area contributed by atoms with Gasteiger partial charge in [0.15, 0.2) is 4.77 Å². The number of hydrogen-bond donors (Lipinski definition) is 2. The first kappa shape index (κ1) is 16.1. The van der Waals surface area contributed by atoms with Gasteiger partial charge in [0.25, 0.3) is 5.56 Å². The maximum Gasteiger partial charge on any atom is 0.337 e. The van der Waals surface area contributed by atoms with Crippen LogP contribution in [0.1, 0.15) is 34.8 Å². The maximum atomic E-state index is 12.0. The van der Waals surface area contributed by atoms with E-state index < -0.39 is 11.5 Å². The average Bonchev–Trinajstić information content (AvgIpc) is 3.38. The molecule has 24 heavy (non-hydrogen) atoms. The number of aromatic hydroxyl groups is 1. The zero-order valence-corrected chi connectivity index (χ0v) is 13.7. The molecular formula is C16H15N3O4S. The highest BCUT2D eigenvalue weighted by atomic mass is 32.1. The lowest BCUT2D eigenvalue weighted by Gasteiger charge is -2.09. The molecule has 1 fully saturated rings. The molecule has 0 aliphatic heterocycles. The first-order valence-corrected chi connectivity index (χ1v) is 7.72. The maximum absolute atomic E-state index is 12.0. The number of aliphatic imine (C=N–C) groups is 1. The molecule has 0 spiro atoms. The van der Waals surface area contributed by atoms with Crippen molar-refractivity contribution < 1.29 is 14.6 Å². The molecule has 8 heteroatoms. The van der Waals surface area contributed by atoms with Crippen LogP contribution in [-0.2, 0) is 4.74 Å². The van der Waals surface area contributed by atoms with Gasteiger partial charge in [0.1, 0.15) is 5.56 Å². The van der Waals surface area contributed by atoms with Crippen LogP contribution in [0, 0.1) is 4.77 Å². The highest BCUT2D eigenvalue weighted by Crippen LogP contribution is 2.37. The third-order valence-electron chi connectivity index (χ3n) is 3.67. The van der Waals surface area contributed by atoms with Crippen molar-refractivity contribution in [3.8, 4) is 5.88 Å². The van der Waals surface area contributed by atoms with E-state index in [4.69, 9.17) is 12.2 Å². The molecule has 0 unspecified atom stereocenters. The van der Waals surface area contributed by atoms with Crippen molar-refractivity contribution >= 4 is 30.1 Å². The first-order valence-electron chi connectivity index (χ1n) is 7.31. The summed E-state index contributed by atoms with van der Waals surface area (Å²) < 4.78 is 6.38. The smallest absolute Gasteiger partial charge is 0.337 e. The number of benzene rings is 1. The van der Waals surface area contributed by atoms with Gasteiger partial charge in [-0.25, -0.2) is 4.79 Å². The standard InChI is InChI=1S/C16H15N3O4S/c1-23-15(22)9-3-2-4-10(7-9)17-8-12-13(20)18-16(24)19(14(12)21)11-5-6-11/h2-4,7-8,11,21H,5-6H2,1H3,(H,18,20,24). The van der Waals surface area contributed by atoms with Crippen LogP contribution in [-0.4, -0.2) is 34.0 Å². The lowest BCUT2D eigenvalue weighted by Crippen LogP contribution is -2.18. The van der Waals surface area contributed by atoms with Crippen LogP contribution in [0.2, 0.25) is 0 Å². The number of esters is 1. The molecular weight excluding hydrogens is 330 g/mol. The molecule has 7 nitrogen and oxygen atoms in total. The average molecular weight is 345 g/mol. The second-order valence-electron chi connectivity index (χ2n) is 5.40. The largest absolute Gasteiger partial charge is 0.494 e. The second-order valence-corrected chi connectivity index (χ2v) is 5.78. The minimum absolute atomic E-state index is 0.0268. The number of carbonyl (C=O) groups is 1. The summed E-state index contributed by atoms with van der Waals surface area (Å²) in [6.07, 6.45) is 3.08. The Hall–Kier alpha value is -2.74. The molecule has 0 radical (unpaired) electrons. The molecule has 1 aliphatic carbocycles. The van der Waals surface area contributed by atoms with Gasteiger partial charge in [-0.2, -0.15) is 0 Å². The van der Waals surface area contributed by atoms with Crippen LogP contribution >= 0.6 is 12.2 Å². The van der Waals surface area contributed by atoms with Crippen LogP contribution in [0.3, 0.4) is 0 Å². The van der Waals surface area contributed by atoms with Crippen LogP contribution in [0.4, 0.5) is 5.69 Å². The number of nitrogens with zero attached hydrogens (tertiary/aromatic N) is 2.